The number of ketones is 1. The van der Waals surface area contributed by atoms with Gasteiger partial charge >= 0.3 is 5.97 Å². The molecule has 0 aromatic rings. The van der Waals surface area contributed by atoms with Gasteiger partial charge in [0.15, 0.2) is 0 Å². The average molecular weight is 328 g/mol. The summed E-state index contributed by atoms with van der Waals surface area (Å²) in [4.78, 5) is 22.3. The zero-order chi connectivity index (χ0) is 17.3. The van der Waals surface area contributed by atoms with Gasteiger partial charge in [0.05, 0.1) is 6.10 Å². The Balaban J connectivity index is 3.30. The van der Waals surface area contributed by atoms with Crippen LogP contribution in [0.2, 0.25) is 0 Å². The Kier molecular flexibility index (Phi) is 15.4. The molecule has 136 valence electrons. The molecule has 4 nitrogen and oxygen atoms in total. The van der Waals surface area contributed by atoms with Crippen molar-refractivity contribution in [2.45, 2.75) is 103 Å². The highest BCUT2D eigenvalue weighted by Crippen LogP contribution is 2.12. The number of hydrogen-bond donors (Lipinski definition) is 1. The minimum absolute atomic E-state index is 0.0561. The first-order valence-electron chi connectivity index (χ1n) is 9.39. The molecule has 4 heteroatoms. The van der Waals surface area contributed by atoms with Gasteiger partial charge in [-0.1, -0.05) is 71.1 Å². The van der Waals surface area contributed by atoms with Gasteiger partial charge in [0.1, 0.15) is 12.4 Å². The Hall–Kier alpha value is -0.900. The molecule has 0 rings (SSSR count). The maximum absolute atomic E-state index is 11.7. The Morgan fingerprint density at radius 3 is 1.83 bits per heavy atom. The number of carbonyl (C=O) groups excluding carboxylic acids is 2. The van der Waals surface area contributed by atoms with E-state index in [0.29, 0.717) is 6.42 Å². The molecule has 0 saturated heterocycles. The number of hydrogen-bond acceptors (Lipinski definition) is 4. The number of rotatable bonds is 16. The van der Waals surface area contributed by atoms with E-state index in [1.807, 2.05) is 0 Å². The van der Waals surface area contributed by atoms with Gasteiger partial charge in [-0.05, 0) is 6.42 Å². The maximum Gasteiger partial charge on any atom is 0.302 e. The van der Waals surface area contributed by atoms with Crippen molar-refractivity contribution in [2.75, 3.05) is 6.61 Å². The zero-order valence-electron chi connectivity index (χ0n) is 15.1. The van der Waals surface area contributed by atoms with E-state index in [0.717, 1.165) is 12.8 Å². The van der Waals surface area contributed by atoms with Crippen LogP contribution in [0, 0.1) is 0 Å². The van der Waals surface area contributed by atoms with Crippen LogP contribution in [0.3, 0.4) is 0 Å². The lowest BCUT2D eigenvalue weighted by atomic mass is 10.0. The van der Waals surface area contributed by atoms with Gasteiger partial charge in [-0.2, -0.15) is 0 Å². The first kappa shape index (κ1) is 22.1. The zero-order valence-corrected chi connectivity index (χ0v) is 15.1. The molecule has 0 fully saturated rings. The van der Waals surface area contributed by atoms with E-state index in [2.05, 4.69) is 11.7 Å². The molecule has 0 radical (unpaired) electrons. The fraction of sp³-hybridized carbons (Fsp3) is 0.895. The molecule has 0 aromatic heterocycles. The number of ether oxygens (including phenoxy) is 1. The lowest BCUT2D eigenvalue weighted by Gasteiger charge is -2.09. The summed E-state index contributed by atoms with van der Waals surface area (Å²) in [5.74, 6) is -0.373. The Labute approximate surface area is 142 Å². The van der Waals surface area contributed by atoms with Crippen LogP contribution >= 0.6 is 0 Å². The van der Waals surface area contributed by atoms with Crippen LogP contribution in [0.25, 0.3) is 0 Å². The van der Waals surface area contributed by atoms with E-state index in [4.69, 9.17) is 0 Å². The molecular weight excluding hydrogens is 292 g/mol. The lowest BCUT2D eigenvalue weighted by Crippen LogP contribution is -2.20. The SMILES string of the molecule is CCCCCCCCCCCCCC(=O)CC(O)COC(C)=O. The molecule has 0 heterocycles. The highest BCUT2D eigenvalue weighted by molar-refractivity contribution is 5.78. The molecule has 1 atom stereocenters. The van der Waals surface area contributed by atoms with Gasteiger partial charge in [0.2, 0.25) is 0 Å². The summed E-state index contributed by atoms with van der Waals surface area (Å²) in [5.41, 5.74) is 0. The molecule has 0 aromatic carbocycles. The van der Waals surface area contributed by atoms with Crippen molar-refractivity contribution < 1.29 is 19.4 Å². The predicted octanol–water partition coefficient (Wildman–Crippen LogP) is 4.57. The normalized spacial score (nSPS) is 12.1. The van der Waals surface area contributed by atoms with Crippen molar-refractivity contribution in [1.29, 1.82) is 0 Å². The third-order valence-corrected chi connectivity index (χ3v) is 4.00. The van der Waals surface area contributed by atoms with E-state index in [-0.39, 0.29) is 18.8 Å². The van der Waals surface area contributed by atoms with Crippen molar-refractivity contribution in [3.63, 3.8) is 0 Å². The monoisotopic (exact) mass is 328 g/mol. The average Bonchev–Trinajstić information content (AvgIpc) is 2.50. The molecule has 0 spiro atoms. The van der Waals surface area contributed by atoms with Crippen LogP contribution in [0.5, 0.6) is 0 Å². The summed E-state index contributed by atoms with van der Waals surface area (Å²) in [6.07, 6.45) is 13.6. The molecule has 0 amide bonds. The van der Waals surface area contributed by atoms with E-state index >= 15 is 0 Å². The largest absolute Gasteiger partial charge is 0.463 e. The Morgan fingerprint density at radius 1 is 0.870 bits per heavy atom. The number of esters is 1. The third kappa shape index (κ3) is 17.3. The van der Waals surface area contributed by atoms with Gasteiger partial charge in [0, 0.05) is 19.8 Å². The third-order valence-electron chi connectivity index (χ3n) is 4.00. The summed E-state index contributed by atoms with van der Waals surface area (Å²) in [7, 11) is 0. The molecule has 0 saturated carbocycles. The highest BCUT2D eigenvalue weighted by atomic mass is 16.5. The second-order valence-electron chi connectivity index (χ2n) is 6.48. The molecule has 23 heavy (non-hydrogen) atoms. The van der Waals surface area contributed by atoms with Crippen molar-refractivity contribution in [3.05, 3.63) is 0 Å². The number of aliphatic hydroxyl groups excluding tert-OH is 1. The molecule has 1 unspecified atom stereocenters. The van der Waals surface area contributed by atoms with Gasteiger partial charge < -0.3 is 9.84 Å². The molecule has 0 bridgehead atoms. The van der Waals surface area contributed by atoms with Crippen LogP contribution in [-0.2, 0) is 14.3 Å². The van der Waals surface area contributed by atoms with Crippen LogP contribution in [0.1, 0.15) is 97.3 Å². The summed E-state index contributed by atoms with van der Waals surface area (Å²) in [6, 6.07) is 0. The molecule has 0 aliphatic heterocycles. The quantitative estimate of drug-likeness (QED) is 0.333. The summed E-state index contributed by atoms with van der Waals surface area (Å²) in [6.45, 7) is 3.45. The van der Waals surface area contributed by atoms with Crippen molar-refractivity contribution in [1.82, 2.24) is 0 Å². The highest BCUT2D eigenvalue weighted by Gasteiger charge is 2.11. The maximum atomic E-state index is 11.7. The van der Waals surface area contributed by atoms with Crippen molar-refractivity contribution >= 4 is 11.8 Å². The van der Waals surface area contributed by atoms with E-state index in [9.17, 15) is 14.7 Å². The van der Waals surface area contributed by atoms with Gasteiger partial charge in [0.25, 0.3) is 0 Å². The predicted molar refractivity (Wildman–Crippen MR) is 93.3 cm³/mol. The number of Topliss-reactive ketones (excluding diaryl/α,β-unsaturated/α-hetero) is 1. The van der Waals surface area contributed by atoms with Crippen molar-refractivity contribution in [2.24, 2.45) is 0 Å². The molecular formula is C19H36O4. The summed E-state index contributed by atoms with van der Waals surface area (Å²) >= 11 is 0. The van der Waals surface area contributed by atoms with Crippen LogP contribution in [0.4, 0.5) is 0 Å². The second kappa shape index (κ2) is 16.0. The van der Waals surface area contributed by atoms with E-state index in [1.165, 1.54) is 64.7 Å². The van der Waals surface area contributed by atoms with Crippen molar-refractivity contribution in [3.8, 4) is 0 Å². The fourth-order valence-electron chi connectivity index (χ4n) is 2.62. The van der Waals surface area contributed by atoms with E-state index in [1.54, 1.807) is 0 Å². The summed E-state index contributed by atoms with van der Waals surface area (Å²) < 4.78 is 4.67. The Bertz CT molecular complexity index is 302. The molecule has 0 aliphatic rings. The first-order valence-corrected chi connectivity index (χ1v) is 9.39. The molecule has 1 N–H and O–H groups in total. The van der Waals surface area contributed by atoms with Crippen LogP contribution < -0.4 is 0 Å². The first-order chi connectivity index (χ1) is 11.1. The van der Waals surface area contributed by atoms with Gasteiger partial charge in [-0.3, -0.25) is 9.59 Å². The minimum Gasteiger partial charge on any atom is -0.463 e. The number of unbranched alkanes of at least 4 members (excludes halogenated alkanes) is 10. The fourth-order valence-corrected chi connectivity index (χ4v) is 2.62. The number of carbonyl (C=O) groups is 2. The second-order valence-corrected chi connectivity index (χ2v) is 6.48. The lowest BCUT2D eigenvalue weighted by molar-refractivity contribution is -0.145. The van der Waals surface area contributed by atoms with E-state index < -0.39 is 12.1 Å². The molecule has 0 aliphatic carbocycles. The van der Waals surface area contributed by atoms with Gasteiger partial charge in [-0.15, -0.1) is 0 Å². The number of aliphatic hydroxyl groups is 1. The van der Waals surface area contributed by atoms with Crippen LogP contribution in [0.15, 0.2) is 0 Å². The topological polar surface area (TPSA) is 63.6 Å². The Morgan fingerprint density at radius 2 is 1.35 bits per heavy atom. The smallest absolute Gasteiger partial charge is 0.302 e. The minimum atomic E-state index is -0.862. The standard InChI is InChI=1S/C19H36O4/c1-3-4-5-6-7-8-9-10-11-12-13-14-18(21)15-19(22)16-23-17(2)20/h19,22H,3-16H2,1-2H3. The summed E-state index contributed by atoms with van der Waals surface area (Å²) in [5, 5.41) is 9.55. The van der Waals surface area contributed by atoms with Crippen LogP contribution in [-0.4, -0.2) is 29.6 Å². The van der Waals surface area contributed by atoms with Gasteiger partial charge in [-0.25, -0.2) is 0 Å².